The van der Waals surface area contributed by atoms with Gasteiger partial charge in [-0.25, -0.2) is 0 Å². The molecular weight excluding hydrogens is 376 g/mol. The summed E-state index contributed by atoms with van der Waals surface area (Å²) >= 11 is 6.18. The Hall–Kier alpha value is -3.31. The molecule has 0 saturated heterocycles. The van der Waals surface area contributed by atoms with Gasteiger partial charge in [0.05, 0.1) is 10.6 Å². The Morgan fingerprint density at radius 1 is 0.893 bits per heavy atom. The molecule has 0 aliphatic rings. The second-order valence-corrected chi connectivity index (χ2v) is 6.70. The molecule has 0 radical (unpaired) electrons. The van der Waals surface area contributed by atoms with Crippen LogP contribution in [0.3, 0.4) is 0 Å². The minimum absolute atomic E-state index is 0.197. The van der Waals surface area contributed by atoms with E-state index in [0.29, 0.717) is 22.6 Å². The van der Waals surface area contributed by atoms with Crippen LogP contribution in [0.1, 0.15) is 20.7 Å². The van der Waals surface area contributed by atoms with Crippen LogP contribution < -0.4 is 10.1 Å². The maximum Gasteiger partial charge on any atom is 0.255 e. The van der Waals surface area contributed by atoms with Gasteiger partial charge in [0, 0.05) is 25.3 Å². The number of para-hydroxylation sites is 1. The van der Waals surface area contributed by atoms with Crippen LogP contribution in [0.5, 0.6) is 11.5 Å². The summed E-state index contributed by atoms with van der Waals surface area (Å²) in [6.07, 6.45) is 0. The van der Waals surface area contributed by atoms with E-state index in [4.69, 9.17) is 16.3 Å². The molecule has 28 heavy (non-hydrogen) atoms. The number of halogens is 1. The van der Waals surface area contributed by atoms with Crippen molar-refractivity contribution in [3.63, 3.8) is 0 Å². The normalized spacial score (nSPS) is 10.2. The fraction of sp³-hybridized carbons (Fsp3) is 0.0909. The third kappa shape index (κ3) is 4.69. The van der Waals surface area contributed by atoms with Crippen molar-refractivity contribution in [1.82, 2.24) is 4.90 Å². The van der Waals surface area contributed by atoms with E-state index < -0.39 is 0 Å². The first-order valence-corrected chi connectivity index (χ1v) is 8.97. The summed E-state index contributed by atoms with van der Waals surface area (Å²) < 4.78 is 5.72. The highest BCUT2D eigenvalue weighted by molar-refractivity contribution is 6.34. The molecule has 5 nitrogen and oxygen atoms in total. The SMILES string of the molecule is CN(C)C(=O)c1ccc(NC(=O)c2ccc(Oc3ccccc3)cc2)cc1Cl. The van der Waals surface area contributed by atoms with Gasteiger partial charge in [-0.2, -0.15) is 0 Å². The van der Waals surface area contributed by atoms with Crippen molar-refractivity contribution in [3.05, 3.63) is 88.9 Å². The van der Waals surface area contributed by atoms with Gasteiger partial charge < -0.3 is 15.0 Å². The molecule has 3 rings (SSSR count). The highest BCUT2D eigenvalue weighted by Crippen LogP contribution is 2.24. The molecule has 0 bridgehead atoms. The Labute approximate surface area is 168 Å². The lowest BCUT2D eigenvalue weighted by Crippen LogP contribution is -2.22. The predicted octanol–water partition coefficient (Wildman–Crippen LogP) is 5.09. The Kier molecular flexibility index (Phi) is 5.96. The number of carbonyl (C=O) groups excluding carboxylic acids is 2. The van der Waals surface area contributed by atoms with E-state index in [2.05, 4.69) is 5.32 Å². The largest absolute Gasteiger partial charge is 0.457 e. The van der Waals surface area contributed by atoms with Crippen LogP contribution in [0.4, 0.5) is 5.69 Å². The average Bonchev–Trinajstić information content (AvgIpc) is 2.69. The molecule has 142 valence electrons. The lowest BCUT2D eigenvalue weighted by Gasteiger charge is -2.13. The van der Waals surface area contributed by atoms with Crippen LogP contribution in [-0.2, 0) is 0 Å². The third-order valence-electron chi connectivity index (χ3n) is 3.96. The Morgan fingerprint density at radius 3 is 2.14 bits per heavy atom. The minimum Gasteiger partial charge on any atom is -0.457 e. The fourth-order valence-electron chi connectivity index (χ4n) is 2.51. The quantitative estimate of drug-likeness (QED) is 0.656. The smallest absolute Gasteiger partial charge is 0.255 e. The number of benzene rings is 3. The van der Waals surface area contributed by atoms with E-state index in [-0.39, 0.29) is 16.8 Å². The average molecular weight is 395 g/mol. The van der Waals surface area contributed by atoms with Gasteiger partial charge in [-0.05, 0) is 54.6 Å². The molecule has 0 spiro atoms. The molecule has 2 amide bonds. The Bertz CT molecular complexity index is 986. The molecule has 0 atom stereocenters. The number of anilines is 1. The van der Waals surface area contributed by atoms with Crippen molar-refractivity contribution in [2.45, 2.75) is 0 Å². The first-order chi connectivity index (χ1) is 13.4. The molecule has 3 aromatic carbocycles. The summed E-state index contributed by atoms with van der Waals surface area (Å²) in [5, 5.41) is 3.06. The van der Waals surface area contributed by atoms with E-state index >= 15 is 0 Å². The molecule has 0 fully saturated rings. The van der Waals surface area contributed by atoms with Gasteiger partial charge in [0.1, 0.15) is 11.5 Å². The molecule has 0 aliphatic carbocycles. The zero-order valence-electron chi connectivity index (χ0n) is 15.5. The zero-order chi connectivity index (χ0) is 20.1. The van der Waals surface area contributed by atoms with E-state index in [1.54, 1.807) is 56.6 Å². The monoisotopic (exact) mass is 394 g/mol. The minimum atomic E-state index is -0.283. The van der Waals surface area contributed by atoms with Crippen LogP contribution in [0.15, 0.2) is 72.8 Å². The van der Waals surface area contributed by atoms with Crippen LogP contribution >= 0.6 is 11.6 Å². The van der Waals surface area contributed by atoms with E-state index in [1.165, 1.54) is 4.90 Å². The van der Waals surface area contributed by atoms with Gasteiger partial charge in [-0.15, -0.1) is 0 Å². The number of carbonyl (C=O) groups is 2. The second-order valence-electron chi connectivity index (χ2n) is 6.29. The summed E-state index contributed by atoms with van der Waals surface area (Å²) in [7, 11) is 3.30. The van der Waals surface area contributed by atoms with Crippen molar-refractivity contribution in [2.75, 3.05) is 19.4 Å². The van der Waals surface area contributed by atoms with Crippen molar-refractivity contribution in [2.24, 2.45) is 0 Å². The zero-order valence-corrected chi connectivity index (χ0v) is 16.2. The molecule has 0 saturated carbocycles. The molecule has 1 N–H and O–H groups in total. The predicted molar refractivity (Wildman–Crippen MR) is 110 cm³/mol. The van der Waals surface area contributed by atoms with Gasteiger partial charge in [-0.1, -0.05) is 29.8 Å². The van der Waals surface area contributed by atoms with Crippen molar-refractivity contribution in [3.8, 4) is 11.5 Å². The number of nitrogens with zero attached hydrogens (tertiary/aromatic N) is 1. The topological polar surface area (TPSA) is 58.6 Å². The second kappa shape index (κ2) is 8.59. The highest BCUT2D eigenvalue weighted by Gasteiger charge is 2.14. The lowest BCUT2D eigenvalue weighted by molar-refractivity contribution is 0.0827. The molecule has 3 aromatic rings. The number of nitrogens with one attached hydrogen (secondary N) is 1. The fourth-order valence-corrected chi connectivity index (χ4v) is 2.77. The van der Waals surface area contributed by atoms with Crippen LogP contribution in [0.2, 0.25) is 5.02 Å². The summed E-state index contributed by atoms with van der Waals surface area (Å²) in [5.41, 5.74) is 1.37. The molecule has 0 unspecified atom stereocenters. The van der Waals surface area contributed by atoms with E-state index in [9.17, 15) is 9.59 Å². The maximum absolute atomic E-state index is 12.5. The first-order valence-electron chi connectivity index (χ1n) is 8.59. The van der Waals surface area contributed by atoms with Gasteiger partial charge in [-0.3, -0.25) is 9.59 Å². The number of rotatable bonds is 5. The van der Waals surface area contributed by atoms with E-state index in [0.717, 1.165) is 5.75 Å². The Balaban J connectivity index is 1.67. The first kappa shape index (κ1) is 19.5. The molecule has 0 heterocycles. The summed E-state index contributed by atoms with van der Waals surface area (Å²) in [5.74, 6) is 0.880. The molecule has 0 aromatic heterocycles. The Morgan fingerprint density at radius 2 is 1.54 bits per heavy atom. The summed E-state index contributed by atoms with van der Waals surface area (Å²) in [6.45, 7) is 0. The van der Waals surface area contributed by atoms with Gasteiger partial charge >= 0.3 is 0 Å². The van der Waals surface area contributed by atoms with Crippen molar-refractivity contribution < 1.29 is 14.3 Å². The number of hydrogen-bond acceptors (Lipinski definition) is 3. The number of ether oxygens (including phenoxy) is 1. The van der Waals surface area contributed by atoms with Crippen LogP contribution in [0.25, 0.3) is 0 Å². The van der Waals surface area contributed by atoms with Crippen molar-refractivity contribution in [1.29, 1.82) is 0 Å². The lowest BCUT2D eigenvalue weighted by atomic mass is 10.1. The molecule has 0 aliphatic heterocycles. The molecule has 6 heteroatoms. The molecular formula is C22H19ClN2O3. The highest BCUT2D eigenvalue weighted by atomic mass is 35.5. The standard InChI is InChI=1S/C22H19ClN2O3/c1-25(2)22(27)19-13-10-16(14-20(19)23)24-21(26)15-8-11-18(12-9-15)28-17-6-4-3-5-7-17/h3-14H,1-2H3,(H,24,26). The number of hydrogen-bond donors (Lipinski definition) is 1. The maximum atomic E-state index is 12.5. The van der Waals surface area contributed by atoms with Gasteiger partial charge in [0.2, 0.25) is 0 Å². The van der Waals surface area contributed by atoms with Gasteiger partial charge in [0.25, 0.3) is 11.8 Å². The van der Waals surface area contributed by atoms with Crippen LogP contribution in [-0.4, -0.2) is 30.8 Å². The summed E-state index contributed by atoms with van der Waals surface area (Å²) in [4.78, 5) is 25.9. The van der Waals surface area contributed by atoms with Crippen molar-refractivity contribution >= 4 is 29.1 Å². The van der Waals surface area contributed by atoms with E-state index in [1.807, 2.05) is 30.3 Å². The third-order valence-corrected chi connectivity index (χ3v) is 4.27. The van der Waals surface area contributed by atoms with Crippen LogP contribution in [0, 0.1) is 0 Å². The number of amides is 2. The summed E-state index contributed by atoms with van der Waals surface area (Å²) in [6, 6.07) is 21.0. The van der Waals surface area contributed by atoms with Gasteiger partial charge in [0.15, 0.2) is 0 Å².